The molecule has 0 saturated heterocycles. The van der Waals surface area contributed by atoms with Crippen molar-refractivity contribution in [1.29, 1.82) is 0 Å². The number of carbonyl (C=O) groups is 1. The lowest BCUT2D eigenvalue weighted by atomic mass is 10.1. The van der Waals surface area contributed by atoms with Gasteiger partial charge in [-0.15, -0.1) is 0 Å². The summed E-state index contributed by atoms with van der Waals surface area (Å²) in [4.78, 5) is 21.0. The van der Waals surface area contributed by atoms with Crippen molar-refractivity contribution < 1.29 is 9.18 Å². The Bertz CT molecular complexity index is 780. The Balaban J connectivity index is 1.78. The minimum Gasteiger partial charge on any atom is -0.345 e. The van der Waals surface area contributed by atoms with Crippen LogP contribution in [0.1, 0.15) is 5.56 Å². The zero-order valence-corrected chi connectivity index (χ0v) is 11.5. The van der Waals surface area contributed by atoms with Crippen LogP contribution in [-0.4, -0.2) is 22.9 Å². The predicted molar refractivity (Wildman–Crippen MR) is 79.6 cm³/mol. The highest BCUT2D eigenvalue weighted by Gasteiger charge is 2.12. The standard InChI is InChI=1S/C16H14FN3O/c1-20(13-6-7-14-15(9-13)19-10-18-14)16(21)8-11-2-4-12(17)5-3-11/h2-7,9-10H,8H2,1H3,(H,18,19). The summed E-state index contributed by atoms with van der Waals surface area (Å²) in [7, 11) is 1.73. The van der Waals surface area contributed by atoms with Gasteiger partial charge in [0.25, 0.3) is 0 Å². The molecule has 3 aromatic rings. The highest BCUT2D eigenvalue weighted by Crippen LogP contribution is 2.19. The molecule has 0 saturated carbocycles. The summed E-state index contributed by atoms with van der Waals surface area (Å²) in [6.45, 7) is 0. The number of carbonyl (C=O) groups excluding carboxylic acids is 1. The number of H-pyrrole nitrogens is 1. The van der Waals surface area contributed by atoms with Crippen LogP contribution in [0.4, 0.5) is 10.1 Å². The molecule has 1 heterocycles. The molecule has 21 heavy (non-hydrogen) atoms. The van der Waals surface area contributed by atoms with E-state index in [2.05, 4.69) is 9.97 Å². The molecule has 2 aromatic carbocycles. The van der Waals surface area contributed by atoms with E-state index < -0.39 is 0 Å². The van der Waals surface area contributed by atoms with Crippen molar-refractivity contribution in [2.45, 2.75) is 6.42 Å². The molecule has 0 aliphatic rings. The molecule has 5 heteroatoms. The van der Waals surface area contributed by atoms with Crippen LogP contribution in [0.15, 0.2) is 48.8 Å². The molecule has 0 bridgehead atoms. The molecule has 0 fully saturated rings. The number of halogens is 1. The van der Waals surface area contributed by atoms with E-state index in [9.17, 15) is 9.18 Å². The van der Waals surface area contributed by atoms with Crippen LogP contribution in [0.5, 0.6) is 0 Å². The van der Waals surface area contributed by atoms with Gasteiger partial charge >= 0.3 is 0 Å². The van der Waals surface area contributed by atoms with Gasteiger partial charge in [-0.1, -0.05) is 12.1 Å². The monoisotopic (exact) mass is 283 g/mol. The first-order valence-electron chi connectivity index (χ1n) is 6.57. The van der Waals surface area contributed by atoms with E-state index in [0.717, 1.165) is 22.3 Å². The van der Waals surface area contributed by atoms with Crippen molar-refractivity contribution in [3.8, 4) is 0 Å². The second kappa shape index (κ2) is 5.36. The molecule has 0 atom stereocenters. The van der Waals surface area contributed by atoms with Gasteiger partial charge in [-0.25, -0.2) is 9.37 Å². The maximum atomic E-state index is 12.9. The number of benzene rings is 2. The van der Waals surface area contributed by atoms with Gasteiger partial charge in [0.1, 0.15) is 5.82 Å². The Hall–Kier alpha value is -2.69. The third-order valence-electron chi connectivity index (χ3n) is 3.43. The number of hydrogen-bond donors (Lipinski definition) is 1. The molecule has 0 unspecified atom stereocenters. The fourth-order valence-electron chi connectivity index (χ4n) is 2.17. The van der Waals surface area contributed by atoms with Crippen molar-refractivity contribution in [1.82, 2.24) is 9.97 Å². The largest absolute Gasteiger partial charge is 0.345 e. The van der Waals surface area contributed by atoms with E-state index in [-0.39, 0.29) is 18.1 Å². The number of likely N-dealkylation sites (N-methyl/N-ethyl adjacent to an activating group) is 1. The number of nitrogens with zero attached hydrogens (tertiary/aromatic N) is 2. The van der Waals surface area contributed by atoms with Gasteiger partial charge in [0.2, 0.25) is 5.91 Å². The van der Waals surface area contributed by atoms with E-state index in [1.165, 1.54) is 12.1 Å². The van der Waals surface area contributed by atoms with Crippen molar-refractivity contribution in [2.24, 2.45) is 0 Å². The minimum absolute atomic E-state index is 0.0551. The van der Waals surface area contributed by atoms with Crippen molar-refractivity contribution in [2.75, 3.05) is 11.9 Å². The summed E-state index contributed by atoms with van der Waals surface area (Å²) in [5.74, 6) is -0.357. The van der Waals surface area contributed by atoms with Gasteiger partial charge in [0.15, 0.2) is 0 Å². The Morgan fingerprint density at radius 2 is 2.00 bits per heavy atom. The maximum absolute atomic E-state index is 12.9. The highest BCUT2D eigenvalue weighted by atomic mass is 19.1. The number of hydrogen-bond acceptors (Lipinski definition) is 2. The Labute approximate surface area is 121 Å². The van der Waals surface area contributed by atoms with Crippen LogP contribution in [0.2, 0.25) is 0 Å². The minimum atomic E-state index is -0.302. The van der Waals surface area contributed by atoms with Crippen molar-refractivity contribution in [3.63, 3.8) is 0 Å². The summed E-state index contributed by atoms with van der Waals surface area (Å²) in [6.07, 6.45) is 1.85. The number of aromatic amines is 1. The third kappa shape index (κ3) is 2.76. The lowest BCUT2D eigenvalue weighted by molar-refractivity contribution is -0.117. The van der Waals surface area contributed by atoms with Gasteiger partial charge in [-0.3, -0.25) is 4.79 Å². The van der Waals surface area contributed by atoms with Gasteiger partial charge in [-0.2, -0.15) is 0 Å². The normalized spacial score (nSPS) is 10.8. The second-order valence-electron chi connectivity index (χ2n) is 4.86. The number of amides is 1. The topological polar surface area (TPSA) is 49.0 Å². The van der Waals surface area contributed by atoms with E-state index in [1.807, 2.05) is 18.2 Å². The molecular formula is C16H14FN3O. The van der Waals surface area contributed by atoms with Crippen LogP contribution in [-0.2, 0) is 11.2 Å². The zero-order chi connectivity index (χ0) is 14.8. The molecule has 1 aromatic heterocycles. The molecule has 4 nitrogen and oxygen atoms in total. The lowest BCUT2D eigenvalue weighted by Crippen LogP contribution is -2.27. The quantitative estimate of drug-likeness (QED) is 0.803. The molecule has 0 spiro atoms. The van der Waals surface area contributed by atoms with E-state index >= 15 is 0 Å². The van der Waals surface area contributed by atoms with E-state index in [4.69, 9.17) is 0 Å². The molecule has 1 N–H and O–H groups in total. The van der Waals surface area contributed by atoms with Crippen LogP contribution in [0.25, 0.3) is 11.0 Å². The van der Waals surface area contributed by atoms with Crippen molar-refractivity contribution in [3.05, 3.63) is 60.2 Å². The second-order valence-corrected chi connectivity index (χ2v) is 4.86. The number of anilines is 1. The first kappa shape index (κ1) is 13.3. The number of fused-ring (bicyclic) bond motifs is 1. The Morgan fingerprint density at radius 3 is 2.76 bits per heavy atom. The SMILES string of the molecule is CN(C(=O)Cc1ccc(F)cc1)c1ccc2nc[nH]c2c1. The molecular weight excluding hydrogens is 269 g/mol. The average Bonchev–Trinajstić information content (AvgIpc) is 2.96. The molecule has 106 valence electrons. The fraction of sp³-hybridized carbons (Fsp3) is 0.125. The average molecular weight is 283 g/mol. The lowest BCUT2D eigenvalue weighted by Gasteiger charge is -2.17. The van der Waals surface area contributed by atoms with Crippen LogP contribution in [0.3, 0.4) is 0 Å². The Kier molecular flexibility index (Phi) is 3.39. The summed E-state index contributed by atoms with van der Waals surface area (Å²) in [5.41, 5.74) is 3.32. The first-order chi connectivity index (χ1) is 10.1. The Morgan fingerprint density at radius 1 is 1.24 bits per heavy atom. The number of aromatic nitrogens is 2. The smallest absolute Gasteiger partial charge is 0.231 e. The molecule has 3 rings (SSSR count). The molecule has 0 aliphatic heterocycles. The molecule has 1 amide bonds. The van der Waals surface area contributed by atoms with Crippen molar-refractivity contribution >= 4 is 22.6 Å². The van der Waals surface area contributed by atoms with E-state index in [0.29, 0.717) is 0 Å². The van der Waals surface area contributed by atoms with Crippen LogP contribution in [0, 0.1) is 5.82 Å². The first-order valence-corrected chi connectivity index (χ1v) is 6.57. The van der Waals surface area contributed by atoms with Gasteiger partial charge in [-0.05, 0) is 35.9 Å². The number of rotatable bonds is 3. The third-order valence-corrected chi connectivity index (χ3v) is 3.43. The number of imidazole rings is 1. The summed E-state index contributed by atoms with van der Waals surface area (Å²) < 4.78 is 12.9. The molecule has 0 aliphatic carbocycles. The van der Waals surface area contributed by atoms with Gasteiger partial charge in [0, 0.05) is 12.7 Å². The van der Waals surface area contributed by atoms with Gasteiger partial charge in [0.05, 0.1) is 23.8 Å². The summed E-state index contributed by atoms with van der Waals surface area (Å²) >= 11 is 0. The summed E-state index contributed by atoms with van der Waals surface area (Å²) in [6, 6.07) is 11.6. The fourth-order valence-corrected chi connectivity index (χ4v) is 2.17. The number of nitrogens with one attached hydrogen (secondary N) is 1. The molecule has 0 radical (unpaired) electrons. The van der Waals surface area contributed by atoms with Gasteiger partial charge < -0.3 is 9.88 Å². The van der Waals surface area contributed by atoms with Crippen LogP contribution >= 0.6 is 0 Å². The highest BCUT2D eigenvalue weighted by molar-refractivity contribution is 5.96. The zero-order valence-electron chi connectivity index (χ0n) is 11.5. The van der Waals surface area contributed by atoms with Crippen LogP contribution < -0.4 is 4.90 Å². The van der Waals surface area contributed by atoms with E-state index in [1.54, 1.807) is 30.4 Å². The summed E-state index contributed by atoms with van der Waals surface area (Å²) in [5, 5.41) is 0. The predicted octanol–water partition coefficient (Wildman–Crippen LogP) is 2.91. The maximum Gasteiger partial charge on any atom is 0.231 e.